The van der Waals surface area contributed by atoms with Gasteiger partial charge in [-0.1, -0.05) is 11.2 Å². The number of amides is 3. The molecule has 3 amide bonds. The maximum Gasteiger partial charge on any atom is 0.318 e. The van der Waals surface area contributed by atoms with Gasteiger partial charge in [0.25, 0.3) is 0 Å². The molecule has 0 radical (unpaired) electrons. The Labute approximate surface area is 128 Å². The minimum atomic E-state index is -0.320. The first-order valence-corrected chi connectivity index (χ1v) is 6.80. The number of carbonyl (C=O) groups excluding carboxylic acids is 2. The Balaban J connectivity index is 2.02. The van der Waals surface area contributed by atoms with Crippen LogP contribution in [0.5, 0.6) is 0 Å². The third-order valence-corrected chi connectivity index (χ3v) is 3.15. The molecule has 0 spiro atoms. The Kier molecular flexibility index (Phi) is 4.77. The largest absolute Gasteiger partial charge is 0.361 e. The minimum Gasteiger partial charge on any atom is -0.361 e. The highest BCUT2D eigenvalue weighted by molar-refractivity contribution is 5.94. The molecule has 0 aliphatic rings. The van der Waals surface area contributed by atoms with Crippen LogP contribution in [0, 0.1) is 13.8 Å². The van der Waals surface area contributed by atoms with E-state index in [9.17, 15) is 9.59 Å². The molecule has 0 bridgehead atoms. The van der Waals surface area contributed by atoms with Gasteiger partial charge in [-0.25, -0.2) is 4.79 Å². The average molecular weight is 302 g/mol. The van der Waals surface area contributed by atoms with Crippen LogP contribution >= 0.6 is 0 Å². The number of aryl methyl sites for hydroxylation is 2. The lowest BCUT2D eigenvalue weighted by molar-refractivity contribution is -0.115. The van der Waals surface area contributed by atoms with Crippen molar-refractivity contribution in [2.45, 2.75) is 20.3 Å². The number of hydrogen-bond acceptors (Lipinski definition) is 4. The fraction of sp³-hybridized carbons (Fsp3) is 0.267. The smallest absolute Gasteiger partial charge is 0.318 e. The van der Waals surface area contributed by atoms with Crippen LogP contribution in [0.1, 0.15) is 17.0 Å². The minimum absolute atomic E-state index is 0.175. The van der Waals surface area contributed by atoms with Crippen molar-refractivity contribution in [1.82, 2.24) is 10.5 Å². The molecule has 0 aliphatic heterocycles. The first kappa shape index (κ1) is 15.6. The Morgan fingerprint density at radius 3 is 2.45 bits per heavy atom. The van der Waals surface area contributed by atoms with E-state index in [1.807, 2.05) is 0 Å². The summed E-state index contributed by atoms with van der Waals surface area (Å²) in [6.45, 7) is 3.57. The number of aromatic nitrogens is 1. The van der Waals surface area contributed by atoms with Crippen molar-refractivity contribution < 1.29 is 14.1 Å². The second-order valence-electron chi connectivity index (χ2n) is 4.81. The summed E-state index contributed by atoms with van der Waals surface area (Å²) >= 11 is 0. The lowest BCUT2D eigenvalue weighted by Crippen LogP contribution is -2.24. The highest BCUT2D eigenvalue weighted by Gasteiger charge is 2.13. The van der Waals surface area contributed by atoms with Crippen LogP contribution < -0.4 is 16.0 Å². The Bertz CT molecular complexity index is 674. The number of anilines is 2. The SMILES string of the molecule is CNC(=O)Nc1cccc(NC(=O)Cc2c(C)noc2C)c1. The highest BCUT2D eigenvalue weighted by atomic mass is 16.5. The van der Waals surface area contributed by atoms with Crippen molar-refractivity contribution in [1.29, 1.82) is 0 Å². The molecule has 1 aromatic heterocycles. The van der Waals surface area contributed by atoms with Crippen molar-refractivity contribution >= 4 is 23.3 Å². The molecule has 0 fully saturated rings. The van der Waals surface area contributed by atoms with Crippen LogP contribution in [0.15, 0.2) is 28.8 Å². The normalized spacial score (nSPS) is 10.1. The molecule has 0 aliphatic carbocycles. The molecule has 1 aromatic carbocycles. The Hall–Kier alpha value is -2.83. The topological polar surface area (TPSA) is 96.3 Å². The quantitative estimate of drug-likeness (QED) is 0.807. The van der Waals surface area contributed by atoms with Crippen LogP contribution in [0.4, 0.5) is 16.2 Å². The Morgan fingerprint density at radius 1 is 1.18 bits per heavy atom. The summed E-state index contributed by atoms with van der Waals surface area (Å²) in [5.41, 5.74) is 2.69. The average Bonchev–Trinajstić information content (AvgIpc) is 2.79. The van der Waals surface area contributed by atoms with Gasteiger partial charge in [0.15, 0.2) is 0 Å². The first-order valence-electron chi connectivity index (χ1n) is 6.80. The van der Waals surface area contributed by atoms with Crippen molar-refractivity contribution in [3.63, 3.8) is 0 Å². The molecule has 0 unspecified atom stereocenters. The fourth-order valence-corrected chi connectivity index (χ4v) is 1.99. The van der Waals surface area contributed by atoms with E-state index >= 15 is 0 Å². The number of carbonyl (C=O) groups is 2. The molecule has 116 valence electrons. The maximum absolute atomic E-state index is 12.1. The zero-order valence-electron chi connectivity index (χ0n) is 12.7. The number of hydrogen-bond donors (Lipinski definition) is 3. The van der Waals surface area contributed by atoms with Crippen molar-refractivity contribution in [2.75, 3.05) is 17.7 Å². The highest BCUT2D eigenvalue weighted by Crippen LogP contribution is 2.17. The predicted octanol–water partition coefficient (Wildman–Crippen LogP) is 2.22. The van der Waals surface area contributed by atoms with E-state index in [0.717, 1.165) is 5.56 Å². The molecule has 22 heavy (non-hydrogen) atoms. The summed E-state index contributed by atoms with van der Waals surface area (Å²) in [4.78, 5) is 23.4. The van der Waals surface area contributed by atoms with Gasteiger partial charge in [-0.2, -0.15) is 0 Å². The van der Waals surface area contributed by atoms with E-state index in [4.69, 9.17) is 4.52 Å². The van der Waals surface area contributed by atoms with E-state index in [1.165, 1.54) is 7.05 Å². The fourth-order valence-electron chi connectivity index (χ4n) is 1.99. The summed E-state index contributed by atoms with van der Waals surface area (Å²) in [6, 6.07) is 6.59. The van der Waals surface area contributed by atoms with Crippen molar-refractivity contribution in [3.8, 4) is 0 Å². The molecule has 0 saturated carbocycles. The van der Waals surface area contributed by atoms with Gasteiger partial charge in [-0.3, -0.25) is 4.79 Å². The van der Waals surface area contributed by atoms with Crippen LogP contribution in [0.3, 0.4) is 0 Å². The number of rotatable bonds is 4. The van der Waals surface area contributed by atoms with Crippen LogP contribution in [0.2, 0.25) is 0 Å². The molecule has 2 rings (SSSR count). The van der Waals surface area contributed by atoms with Crippen molar-refractivity contribution in [2.24, 2.45) is 0 Å². The van der Waals surface area contributed by atoms with Gasteiger partial charge in [0.1, 0.15) is 5.76 Å². The summed E-state index contributed by atoms with van der Waals surface area (Å²) in [7, 11) is 1.53. The zero-order valence-corrected chi connectivity index (χ0v) is 12.7. The molecule has 0 saturated heterocycles. The van der Waals surface area contributed by atoms with Gasteiger partial charge in [0.2, 0.25) is 5.91 Å². The van der Waals surface area contributed by atoms with Gasteiger partial charge in [-0.15, -0.1) is 0 Å². The summed E-state index contributed by atoms with van der Waals surface area (Å²) in [5, 5.41) is 11.7. The first-order chi connectivity index (χ1) is 10.5. The summed E-state index contributed by atoms with van der Waals surface area (Å²) in [5.74, 6) is 0.467. The number of nitrogens with zero attached hydrogens (tertiary/aromatic N) is 1. The monoisotopic (exact) mass is 302 g/mol. The van der Waals surface area contributed by atoms with Crippen LogP contribution in [-0.2, 0) is 11.2 Å². The van der Waals surface area contributed by atoms with Gasteiger partial charge < -0.3 is 20.5 Å². The van der Waals surface area contributed by atoms with Crippen molar-refractivity contribution in [3.05, 3.63) is 41.3 Å². The number of benzene rings is 1. The molecule has 7 heteroatoms. The summed E-state index contributed by atoms with van der Waals surface area (Å²) in [6.07, 6.45) is 0.189. The number of urea groups is 1. The second kappa shape index (κ2) is 6.75. The predicted molar refractivity (Wildman–Crippen MR) is 82.8 cm³/mol. The third kappa shape index (κ3) is 3.85. The lowest BCUT2D eigenvalue weighted by Gasteiger charge is -2.08. The van der Waals surface area contributed by atoms with Gasteiger partial charge in [-0.05, 0) is 32.0 Å². The Morgan fingerprint density at radius 2 is 1.86 bits per heavy atom. The molecule has 7 nitrogen and oxygen atoms in total. The van der Waals surface area contributed by atoms with E-state index in [0.29, 0.717) is 22.8 Å². The molecular weight excluding hydrogens is 284 g/mol. The van der Waals surface area contributed by atoms with Gasteiger partial charge in [0.05, 0.1) is 12.1 Å². The van der Waals surface area contributed by atoms with E-state index < -0.39 is 0 Å². The van der Waals surface area contributed by atoms with Gasteiger partial charge in [0, 0.05) is 24.0 Å². The molecule has 2 aromatic rings. The molecule has 1 heterocycles. The third-order valence-electron chi connectivity index (χ3n) is 3.15. The maximum atomic E-state index is 12.1. The lowest BCUT2D eigenvalue weighted by atomic mass is 10.1. The molecule has 3 N–H and O–H groups in total. The molecular formula is C15H18N4O3. The van der Waals surface area contributed by atoms with Crippen LogP contribution in [-0.4, -0.2) is 24.1 Å². The van der Waals surface area contributed by atoms with E-state index in [2.05, 4.69) is 21.1 Å². The molecule has 0 atom stereocenters. The zero-order chi connectivity index (χ0) is 16.1. The van der Waals surface area contributed by atoms with Gasteiger partial charge >= 0.3 is 6.03 Å². The number of nitrogens with one attached hydrogen (secondary N) is 3. The summed E-state index contributed by atoms with van der Waals surface area (Å²) < 4.78 is 5.04. The standard InChI is InChI=1S/C15H18N4O3/c1-9-13(10(2)22-19-9)8-14(20)17-11-5-4-6-12(7-11)18-15(21)16-3/h4-7H,8H2,1-3H3,(H,17,20)(H2,16,18,21). The van der Waals surface area contributed by atoms with Crippen LogP contribution in [0.25, 0.3) is 0 Å². The second-order valence-corrected chi connectivity index (χ2v) is 4.81. The van der Waals surface area contributed by atoms with E-state index in [-0.39, 0.29) is 18.4 Å². The van der Waals surface area contributed by atoms with E-state index in [1.54, 1.807) is 38.1 Å².